The summed E-state index contributed by atoms with van der Waals surface area (Å²) >= 11 is 0. The fraction of sp³-hybridized carbons (Fsp3) is 0.357. The zero-order valence-corrected chi connectivity index (χ0v) is 11.0. The monoisotopic (exact) mass is 261 g/mol. The van der Waals surface area contributed by atoms with E-state index in [-0.39, 0.29) is 13.2 Å². The van der Waals surface area contributed by atoms with E-state index in [9.17, 15) is 10.2 Å². The molecule has 102 valence electrons. The SMILES string of the molecule is CC(CO)(CO)NCc1ccn(-c2ccccc2)n1. The first-order chi connectivity index (χ1) is 9.17. The Morgan fingerprint density at radius 3 is 2.47 bits per heavy atom. The summed E-state index contributed by atoms with van der Waals surface area (Å²) in [5, 5.41) is 25.9. The Labute approximate surface area is 112 Å². The summed E-state index contributed by atoms with van der Waals surface area (Å²) in [6, 6.07) is 11.8. The van der Waals surface area contributed by atoms with E-state index in [2.05, 4.69) is 10.4 Å². The number of rotatable bonds is 6. The van der Waals surface area contributed by atoms with E-state index in [1.54, 1.807) is 11.6 Å². The third-order valence-corrected chi connectivity index (χ3v) is 3.06. The molecule has 0 radical (unpaired) electrons. The lowest BCUT2D eigenvalue weighted by atomic mass is 10.1. The molecule has 2 rings (SSSR count). The van der Waals surface area contributed by atoms with Crippen molar-refractivity contribution in [2.45, 2.75) is 19.0 Å². The number of para-hydroxylation sites is 1. The van der Waals surface area contributed by atoms with Crippen molar-refractivity contribution in [2.75, 3.05) is 13.2 Å². The van der Waals surface area contributed by atoms with Crippen molar-refractivity contribution in [3.8, 4) is 5.69 Å². The van der Waals surface area contributed by atoms with Gasteiger partial charge < -0.3 is 15.5 Å². The van der Waals surface area contributed by atoms with Gasteiger partial charge in [0, 0.05) is 12.7 Å². The zero-order valence-electron chi connectivity index (χ0n) is 11.0. The van der Waals surface area contributed by atoms with Crippen molar-refractivity contribution in [1.82, 2.24) is 15.1 Å². The maximum absolute atomic E-state index is 9.20. The van der Waals surface area contributed by atoms with Crippen LogP contribution in [0.15, 0.2) is 42.6 Å². The Kier molecular flexibility index (Phi) is 4.31. The summed E-state index contributed by atoms with van der Waals surface area (Å²) in [5.41, 5.74) is 1.18. The minimum Gasteiger partial charge on any atom is -0.394 e. The summed E-state index contributed by atoms with van der Waals surface area (Å²) in [7, 11) is 0. The lowest BCUT2D eigenvalue weighted by molar-refractivity contribution is 0.103. The van der Waals surface area contributed by atoms with Crippen LogP contribution in [0.5, 0.6) is 0 Å². The largest absolute Gasteiger partial charge is 0.394 e. The Hall–Kier alpha value is -1.69. The lowest BCUT2D eigenvalue weighted by Gasteiger charge is -2.25. The first-order valence-corrected chi connectivity index (χ1v) is 6.23. The van der Waals surface area contributed by atoms with E-state index < -0.39 is 5.54 Å². The number of aromatic nitrogens is 2. The average Bonchev–Trinajstić information content (AvgIpc) is 2.95. The molecule has 0 atom stereocenters. The second-order valence-corrected chi connectivity index (χ2v) is 4.82. The molecule has 3 N–H and O–H groups in total. The van der Waals surface area contributed by atoms with Crippen LogP contribution in [0.1, 0.15) is 12.6 Å². The van der Waals surface area contributed by atoms with Crippen LogP contribution in [0, 0.1) is 0 Å². The molecule has 0 unspecified atom stereocenters. The van der Waals surface area contributed by atoms with E-state index >= 15 is 0 Å². The molecule has 0 saturated carbocycles. The van der Waals surface area contributed by atoms with E-state index in [0.29, 0.717) is 6.54 Å². The van der Waals surface area contributed by atoms with Gasteiger partial charge in [-0.2, -0.15) is 5.10 Å². The molecule has 5 heteroatoms. The Morgan fingerprint density at radius 1 is 1.16 bits per heavy atom. The van der Waals surface area contributed by atoms with Gasteiger partial charge in [-0.05, 0) is 25.1 Å². The molecular formula is C14H19N3O2. The summed E-state index contributed by atoms with van der Waals surface area (Å²) in [6.07, 6.45) is 1.89. The highest BCUT2D eigenvalue weighted by molar-refractivity contribution is 5.30. The number of hydrogen-bond donors (Lipinski definition) is 3. The number of aliphatic hydroxyl groups excluding tert-OH is 2. The Balaban J connectivity index is 2.02. The summed E-state index contributed by atoms with van der Waals surface area (Å²) in [4.78, 5) is 0. The van der Waals surface area contributed by atoms with Crippen LogP contribution in [-0.4, -0.2) is 38.7 Å². The molecule has 19 heavy (non-hydrogen) atoms. The molecule has 0 saturated heterocycles. The van der Waals surface area contributed by atoms with Gasteiger partial charge in [0.1, 0.15) is 0 Å². The van der Waals surface area contributed by atoms with Gasteiger partial charge in [-0.15, -0.1) is 0 Å². The number of nitrogens with one attached hydrogen (secondary N) is 1. The maximum Gasteiger partial charge on any atom is 0.0767 e. The molecule has 0 aliphatic heterocycles. The van der Waals surface area contributed by atoms with E-state index in [0.717, 1.165) is 11.4 Å². The predicted molar refractivity (Wildman–Crippen MR) is 73.0 cm³/mol. The molecule has 0 bridgehead atoms. The third-order valence-electron chi connectivity index (χ3n) is 3.06. The van der Waals surface area contributed by atoms with Crippen molar-refractivity contribution in [3.05, 3.63) is 48.3 Å². The molecule has 2 aromatic rings. The highest BCUT2D eigenvalue weighted by atomic mass is 16.3. The van der Waals surface area contributed by atoms with E-state index in [4.69, 9.17) is 0 Å². The van der Waals surface area contributed by atoms with E-state index in [1.165, 1.54) is 0 Å². The van der Waals surface area contributed by atoms with Crippen LogP contribution >= 0.6 is 0 Å². The van der Waals surface area contributed by atoms with Crippen molar-refractivity contribution in [3.63, 3.8) is 0 Å². The van der Waals surface area contributed by atoms with Gasteiger partial charge in [-0.3, -0.25) is 0 Å². The topological polar surface area (TPSA) is 70.3 Å². The molecular weight excluding hydrogens is 242 g/mol. The smallest absolute Gasteiger partial charge is 0.0767 e. The molecule has 1 heterocycles. The molecule has 1 aromatic heterocycles. The minimum absolute atomic E-state index is 0.122. The maximum atomic E-state index is 9.20. The molecule has 0 aliphatic carbocycles. The van der Waals surface area contributed by atoms with Crippen molar-refractivity contribution in [2.24, 2.45) is 0 Å². The molecule has 0 amide bonds. The number of nitrogens with zero attached hydrogens (tertiary/aromatic N) is 2. The molecule has 1 aromatic carbocycles. The van der Waals surface area contributed by atoms with Gasteiger partial charge in [0.05, 0.1) is 30.1 Å². The molecule has 0 spiro atoms. The van der Waals surface area contributed by atoms with Gasteiger partial charge in [0.15, 0.2) is 0 Å². The van der Waals surface area contributed by atoms with Crippen LogP contribution < -0.4 is 5.32 Å². The zero-order chi connectivity index (χ0) is 13.7. The standard InChI is InChI=1S/C14H19N3O2/c1-14(10-18,11-19)15-9-12-7-8-17(16-12)13-5-3-2-4-6-13/h2-8,15,18-19H,9-11H2,1H3. The lowest BCUT2D eigenvalue weighted by Crippen LogP contribution is -2.48. The average molecular weight is 261 g/mol. The fourth-order valence-corrected chi connectivity index (χ4v) is 1.65. The van der Waals surface area contributed by atoms with Crippen molar-refractivity contribution in [1.29, 1.82) is 0 Å². The van der Waals surface area contributed by atoms with Gasteiger partial charge in [-0.25, -0.2) is 4.68 Å². The summed E-state index contributed by atoms with van der Waals surface area (Å²) < 4.78 is 1.80. The third kappa shape index (κ3) is 3.41. The first-order valence-electron chi connectivity index (χ1n) is 6.23. The quantitative estimate of drug-likeness (QED) is 0.716. The first kappa shape index (κ1) is 13.7. The molecule has 0 fully saturated rings. The van der Waals surface area contributed by atoms with Gasteiger partial charge >= 0.3 is 0 Å². The Morgan fingerprint density at radius 2 is 1.84 bits per heavy atom. The van der Waals surface area contributed by atoms with E-state index in [1.807, 2.05) is 42.6 Å². The second-order valence-electron chi connectivity index (χ2n) is 4.82. The number of hydrogen-bond acceptors (Lipinski definition) is 4. The van der Waals surface area contributed by atoms with Crippen LogP contribution in [0.25, 0.3) is 5.69 Å². The van der Waals surface area contributed by atoms with Crippen LogP contribution in [0.3, 0.4) is 0 Å². The second kappa shape index (κ2) is 5.97. The normalized spacial score (nSPS) is 11.7. The molecule has 5 nitrogen and oxygen atoms in total. The highest BCUT2D eigenvalue weighted by Gasteiger charge is 2.21. The van der Waals surface area contributed by atoms with Crippen LogP contribution in [0.2, 0.25) is 0 Å². The summed E-state index contributed by atoms with van der Waals surface area (Å²) in [5.74, 6) is 0. The highest BCUT2D eigenvalue weighted by Crippen LogP contribution is 2.08. The number of benzene rings is 1. The Bertz CT molecular complexity index is 506. The van der Waals surface area contributed by atoms with Crippen molar-refractivity contribution >= 4 is 0 Å². The van der Waals surface area contributed by atoms with Gasteiger partial charge in [0.25, 0.3) is 0 Å². The van der Waals surface area contributed by atoms with Crippen LogP contribution in [0.4, 0.5) is 0 Å². The molecule has 0 aliphatic rings. The minimum atomic E-state index is -0.684. The number of aliphatic hydroxyl groups is 2. The van der Waals surface area contributed by atoms with Crippen LogP contribution in [-0.2, 0) is 6.54 Å². The summed E-state index contributed by atoms with van der Waals surface area (Å²) in [6.45, 7) is 2.02. The fourth-order valence-electron chi connectivity index (χ4n) is 1.65. The van der Waals surface area contributed by atoms with Gasteiger partial charge in [-0.1, -0.05) is 18.2 Å². The predicted octanol–water partition coefficient (Wildman–Crippen LogP) is 0.705. The van der Waals surface area contributed by atoms with Crippen molar-refractivity contribution < 1.29 is 10.2 Å². The van der Waals surface area contributed by atoms with Gasteiger partial charge in [0.2, 0.25) is 0 Å².